The van der Waals surface area contributed by atoms with Gasteiger partial charge in [-0.2, -0.15) is 0 Å². The van der Waals surface area contributed by atoms with E-state index >= 15 is 0 Å². The average molecular weight is 304 g/mol. The second-order valence-electron chi connectivity index (χ2n) is 4.52. The van der Waals surface area contributed by atoms with Crippen molar-refractivity contribution < 1.29 is 14.3 Å². The maximum absolute atomic E-state index is 11.1. The van der Waals surface area contributed by atoms with Gasteiger partial charge >= 0.3 is 11.7 Å². The van der Waals surface area contributed by atoms with Crippen LogP contribution in [0.4, 0.5) is 5.69 Å². The van der Waals surface area contributed by atoms with Crippen LogP contribution in [0.2, 0.25) is 0 Å². The van der Waals surface area contributed by atoms with E-state index in [4.69, 9.17) is 9.52 Å². The van der Waals surface area contributed by atoms with Gasteiger partial charge < -0.3 is 14.8 Å². The molecule has 0 radical (unpaired) electrons. The third-order valence-electron chi connectivity index (χ3n) is 2.93. The van der Waals surface area contributed by atoms with Crippen LogP contribution in [0.25, 0.3) is 11.1 Å². The van der Waals surface area contributed by atoms with Gasteiger partial charge in [0, 0.05) is 22.0 Å². The number of H-pyrrole nitrogens is 1. The zero-order valence-electron chi connectivity index (χ0n) is 10.9. The Morgan fingerprint density at radius 3 is 2.90 bits per heavy atom. The average Bonchev–Trinajstić information content (AvgIpc) is 3.00. The number of fused-ring (bicyclic) bond motifs is 1. The minimum atomic E-state index is -0.828. The first kappa shape index (κ1) is 13.4. The van der Waals surface area contributed by atoms with Crippen LogP contribution in [0.15, 0.2) is 39.5 Å². The van der Waals surface area contributed by atoms with Crippen molar-refractivity contribution in [1.82, 2.24) is 4.98 Å². The van der Waals surface area contributed by atoms with Gasteiger partial charge in [-0.3, -0.25) is 9.78 Å². The predicted octanol–water partition coefficient (Wildman–Crippen LogP) is 2.42. The van der Waals surface area contributed by atoms with E-state index in [0.29, 0.717) is 17.6 Å². The largest absolute Gasteiger partial charge is 0.481 e. The lowest BCUT2D eigenvalue weighted by molar-refractivity contribution is -0.136. The highest BCUT2D eigenvalue weighted by atomic mass is 32.1. The van der Waals surface area contributed by atoms with Gasteiger partial charge in [-0.15, -0.1) is 11.3 Å². The first-order valence-electron chi connectivity index (χ1n) is 6.26. The molecule has 0 saturated heterocycles. The number of aromatic amines is 1. The number of carboxylic acid groups (broad SMARTS) is 1. The fourth-order valence-electron chi connectivity index (χ4n) is 2.01. The van der Waals surface area contributed by atoms with Gasteiger partial charge in [0.25, 0.3) is 0 Å². The minimum absolute atomic E-state index is 0.0485. The second kappa shape index (κ2) is 5.45. The van der Waals surface area contributed by atoms with Gasteiger partial charge in [0.1, 0.15) is 0 Å². The Bertz CT molecular complexity index is 846. The van der Waals surface area contributed by atoms with Crippen molar-refractivity contribution in [2.24, 2.45) is 0 Å². The Hall–Kier alpha value is -2.54. The summed E-state index contributed by atoms with van der Waals surface area (Å²) in [4.78, 5) is 26.2. The number of carbonyl (C=O) groups is 1. The van der Waals surface area contributed by atoms with Gasteiger partial charge in [0.05, 0.1) is 11.9 Å². The molecule has 0 aliphatic carbocycles. The summed E-state index contributed by atoms with van der Waals surface area (Å²) in [5.74, 6) is -1.30. The van der Waals surface area contributed by atoms with Crippen LogP contribution in [-0.4, -0.2) is 16.1 Å². The molecule has 7 heteroatoms. The molecule has 6 nitrogen and oxygen atoms in total. The summed E-state index contributed by atoms with van der Waals surface area (Å²) in [5, 5.41) is 12.0. The van der Waals surface area contributed by atoms with Crippen LogP contribution in [0.5, 0.6) is 0 Å². The molecule has 0 atom stereocenters. The van der Waals surface area contributed by atoms with E-state index in [0.717, 1.165) is 15.4 Å². The summed E-state index contributed by atoms with van der Waals surface area (Å²) in [6, 6.07) is 9.08. The number of carboxylic acids is 1. The molecule has 1 aromatic carbocycles. The summed E-state index contributed by atoms with van der Waals surface area (Å²) in [7, 11) is 0. The van der Waals surface area contributed by atoms with E-state index in [1.165, 1.54) is 11.3 Å². The number of oxazole rings is 1. The molecule has 3 rings (SSSR count). The van der Waals surface area contributed by atoms with E-state index in [1.54, 1.807) is 12.1 Å². The Morgan fingerprint density at radius 2 is 2.10 bits per heavy atom. The highest BCUT2D eigenvalue weighted by Gasteiger charge is 2.05. The monoisotopic (exact) mass is 304 g/mol. The van der Waals surface area contributed by atoms with Crippen LogP contribution < -0.4 is 11.1 Å². The van der Waals surface area contributed by atoms with Crippen molar-refractivity contribution in [3.8, 4) is 0 Å². The molecule has 0 amide bonds. The van der Waals surface area contributed by atoms with Crippen molar-refractivity contribution in [3.63, 3.8) is 0 Å². The highest BCUT2D eigenvalue weighted by Crippen LogP contribution is 2.20. The highest BCUT2D eigenvalue weighted by molar-refractivity contribution is 7.12. The molecule has 21 heavy (non-hydrogen) atoms. The lowest BCUT2D eigenvalue weighted by Crippen LogP contribution is -1.98. The predicted molar refractivity (Wildman–Crippen MR) is 79.8 cm³/mol. The molecule has 0 aliphatic rings. The fourth-order valence-corrected chi connectivity index (χ4v) is 2.96. The summed E-state index contributed by atoms with van der Waals surface area (Å²) >= 11 is 1.47. The number of hydrogen-bond donors (Lipinski definition) is 3. The summed E-state index contributed by atoms with van der Waals surface area (Å²) in [5.41, 5.74) is 2.01. The van der Waals surface area contributed by atoms with E-state index in [-0.39, 0.29) is 6.42 Å². The molecule has 2 aromatic heterocycles. The van der Waals surface area contributed by atoms with E-state index in [2.05, 4.69) is 10.3 Å². The zero-order valence-corrected chi connectivity index (χ0v) is 11.7. The van der Waals surface area contributed by atoms with Gasteiger partial charge in [0.2, 0.25) is 0 Å². The molecule has 108 valence electrons. The molecule has 3 N–H and O–H groups in total. The minimum Gasteiger partial charge on any atom is -0.481 e. The van der Waals surface area contributed by atoms with Crippen LogP contribution in [-0.2, 0) is 17.8 Å². The zero-order chi connectivity index (χ0) is 14.8. The number of aromatic nitrogens is 1. The second-order valence-corrected chi connectivity index (χ2v) is 5.77. The van der Waals surface area contributed by atoms with Crippen molar-refractivity contribution in [1.29, 1.82) is 0 Å². The first-order valence-corrected chi connectivity index (χ1v) is 7.08. The Kier molecular flexibility index (Phi) is 3.49. The summed E-state index contributed by atoms with van der Waals surface area (Å²) in [6.45, 7) is 0.595. The number of rotatable bonds is 5. The molecule has 2 heterocycles. The Morgan fingerprint density at radius 1 is 1.29 bits per heavy atom. The molecule has 0 saturated carbocycles. The smallest absolute Gasteiger partial charge is 0.417 e. The van der Waals surface area contributed by atoms with E-state index < -0.39 is 11.7 Å². The molecular weight excluding hydrogens is 292 g/mol. The normalized spacial score (nSPS) is 10.9. The molecule has 0 aliphatic heterocycles. The molecular formula is C14H12N2O4S. The molecule has 0 bridgehead atoms. The van der Waals surface area contributed by atoms with E-state index in [9.17, 15) is 9.59 Å². The van der Waals surface area contributed by atoms with Crippen molar-refractivity contribution in [2.45, 2.75) is 13.0 Å². The standard InChI is InChI=1S/C14H12N2O4S/c17-13(18)6-9-2-3-10(21-9)7-15-8-1-4-12-11(5-8)16-14(19)20-12/h1-5,15H,6-7H2,(H,16,19)(H,17,18). The number of nitrogens with one attached hydrogen (secondary N) is 2. The van der Waals surface area contributed by atoms with Crippen LogP contribution in [0, 0.1) is 0 Å². The van der Waals surface area contributed by atoms with Gasteiger partial charge in [-0.25, -0.2) is 4.79 Å². The maximum Gasteiger partial charge on any atom is 0.417 e. The van der Waals surface area contributed by atoms with Gasteiger partial charge in [-0.1, -0.05) is 0 Å². The van der Waals surface area contributed by atoms with Crippen LogP contribution in [0.3, 0.4) is 0 Å². The van der Waals surface area contributed by atoms with Gasteiger partial charge in [0.15, 0.2) is 5.58 Å². The molecule has 0 fully saturated rings. The molecule has 0 unspecified atom stereocenters. The number of aliphatic carboxylic acids is 1. The number of anilines is 1. The summed E-state index contributed by atoms with van der Waals surface area (Å²) in [6.07, 6.45) is 0.0485. The number of benzene rings is 1. The fraction of sp³-hybridized carbons (Fsp3) is 0.143. The topological polar surface area (TPSA) is 95.3 Å². The lowest BCUT2D eigenvalue weighted by atomic mass is 10.3. The van der Waals surface area contributed by atoms with Crippen molar-refractivity contribution in [3.05, 3.63) is 50.6 Å². The summed E-state index contributed by atoms with van der Waals surface area (Å²) < 4.78 is 4.93. The van der Waals surface area contributed by atoms with Crippen LogP contribution in [0.1, 0.15) is 9.75 Å². The molecule has 0 spiro atoms. The SMILES string of the molecule is O=C(O)Cc1ccc(CNc2ccc3oc(=O)[nH]c3c2)s1. The van der Waals surface area contributed by atoms with Gasteiger partial charge in [-0.05, 0) is 30.3 Å². The Labute approximate surface area is 123 Å². The van der Waals surface area contributed by atoms with Crippen molar-refractivity contribution in [2.75, 3.05) is 5.32 Å². The van der Waals surface area contributed by atoms with Crippen LogP contribution >= 0.6 is 11.3 Å². The lowest BCUT2D eigenvalue weighted by Gasteiger charge is -2.04. The third-order valence-corrected chi connectivity index (χ3v) is 4.01. The quantitative estimate of drug-likeness (QED) is 0.673. The third kappa shape index (κ3) is 3.14. The Balaban J connectivity index is 1.69. The maximum atomic E-state index is 11.1. The number of hydrogen-bond acceptors (Lipinski definition) is 5. The van der Waals surface area contributed by atoms with E-state index in [1.807, 2.05) is 18.2 Å². The van der Waals surface area contributed by atoms with Crippen molar-refractivity contribution >= 4 is 34.1 Å². The molecule has 3 aromatic rings. The first-order chi connectivity index (χ1) is 10.1. The number of thiophene rings is 1.